The second kappa shape index (κ2) is 38.5. The normalized spacial score (nSPS) is 8.24. The van der Waals surface area contributed by atoms with Crippen LogP contribution in [0.1, 0.15) is 0 Å². The van der Waals surface area contributed by atoms with Crippen molar-refractivity contribution in [3.05, 3.63) is 0 Å². The molecule has 0 rings (SSSR count). The van der Waals surface area contributed by atoms with Gasteiger partial charge in [-0.05, 0) is 0 Å². The third kappa shape index (κ3) is 136. The van der Waals surface area contributed by atoms with E-state index in [1.807, 2.05) is 0 Å². The summed E-state index contributed by atoms with van der Waals surface area (Å²) in [6.45, 7) is -1.11. The van der Waals surface area contributed by atoms with Gasteiger partial charge in [0.1, 0.15) is 0 Å². The predicted molar refractivity (Wildman–Crippen MR) is 83.1 cm³/mol. The molecule has 0 spiro atoms. The molecule has 19 nitrogen and oxygen atoms in total. The molecule has 0 heterocycles. The summed E-state index contributed by atoms with van der Waals surface area (Å²) in [4.78, 5) is 74.3. The molecule has 0 aromatic rings. The Labute approximate surface area is 276 Å². The van der Waals surface area contributed by atoms with Crippen molar-refractivity contribution in [2.75, 3.05) is 26.2 Å². The summed E-state index contributed by atoms with van der Waals surface area (Å²) in [7, 11) is -11.4. The van der Waals surface area contributed by atoms with Gasteiger partial charge in [0.25, 0.3) is 0 Å². The fraction of sp³-hybridized carbons (Fsp3) is 0.500. The van der Waals surface area contributed by atoms with Gasteiger partial charge in [-0.25, -0.2) is 0 Å². The van der Waals surface area contributed by atoms with Crippen LogP contribution in [-0.4, -0.2) is 70.5 Å². The van der Waals surface area contributed by atoms with E-state index in [1.165, 1.54) is 0 Å². The average Bonchev–Trinajstić information content (AvgIpc) is 2.53. The van der Waals surface area contributed by atoms with E-state index < -0.39 is 39.5 Å². The molecule has 12 N–H and O–H groups in total. The first-order chi connectivity index (χ1) is 12.8. The molecule has 0 bridgehead atoms. The molecule has 0 aromatic carbocycles. The van der Waals surface area contributed by atoms with Gasteiger partial charge in [0.2, 0.25) is 0 Å². The first-order valence-corrected chi connectivity index (χ1v) is 9.14. The minimum Gasteiger partial charge on any atom is -0.790 e. The Morgan fingerprint density at radius 2 is 0.636 bits per heavy atom. The van der Waals surface area contributed by atoms with Crippen LogP contribution < -0.4 is 161 Å². The van der Waals surface area contributed by atoms with Crippen LogP contribution in [0.3, 0.4) is 0 Å². The van der Waals surface area contributed by atoms with Gasteiger partial charge in [-0.3, -0.25) is 19.2 Å². The van der Waals surface area contributed by atoms with Gasteiger partial charge >= 0.3 is 142 Å². The molecular formula is C8H20N4Na4O15P2. The minimum atomic E-state index is -5.68. The van der Waals surface area contributed by atoms with Gasteiger partial charge in [0, 0.05) is 0 Å². The molecule has 0 aromatic heterocycles. The van der Waals surface area contributed by atoms with E-state index in [9.17, 15) is 47.9 Å². The number of carbonyl (C=O) groups is 4. The maximum absolute atomic E-state index is 9.32. The molecule has 0 aliphatic carbocycles. The monoisotopic (exact) mass is 566 g/mol. The zero-order chi connectivity index (χ0) is 24.8. The average molecular weight is 566 g/mol. The van der Waals surface area contributed by atoms with Crippen molar-refractivity contribution in [1.82, 2.24) is 0 Å². The summed E-state index contributed by atoms with van der Waals surface area (Å²) < 4.78 is 21.2. The van der Waals surface area contributed by atoms with Crippen LogP contribution >= 0.6 is 15.6 Å². The second-order valence-corrected chi connectivity index (χ2v) is 5.81. The topological polar surface area (TPSA) is 389 Å². The smallest absolute Gasteiger partial charge is 0.790 e. The van der Waals surface area contributed by atoms with Crippen molar-refractivity contribution < 1.29 is 191 Å². The van der Waals surface area contributed by atoms with E-state index in [0.29, 0.717) is 0 Å². The molecule has 33 heavy (non-hydrogen) atoms. The number of aliphatic carboxylic acids is 4. The second-order valence-electron chi connectivity index (χ2n) is 3.37. The Balaban J connectivity index is -0.0000000310. The third-order valence-corrected chi connectivity index (χ3v) is 2.50. The van der Waals surface area contributed by atoms with Crippen LogP contribution in [0.25, 0.3) is 0 Å². The molecule has 0 radical (unpaired) electrons. The Bertz CT molecular complexity index is 500. The van der Waals surface area contributed by atoms with E-state index in [1.54, 1.807) is 0 Å². The molecule has 0 saturated carbocycles. The van der Waals surface area contributed by atoms with Crippen molar-refractivity contribution in [2.24, 2.45) is 22.9 Å². The maximum Gasteiger partial charge on any atom is 1.00 e. The van der Waals surface area contributed by atoms with Crippen molar-refractivity contribution >= 4 is 39.5 Å². The standard InChI is InChI=1S/4C2H5NO2.4Na.H4O7P2/c4*3-1-2(4)5;;;;;1-8(2,3)7-9(4,5)6/h4*1,3H2,(H,4,5);;;;;(H2,1,2,3)(H2,4,5,6)/q;;;;4*+1;/p-4. The number of carboxylic acids is 4. The first-order valence-electron chi connectivity index (χ1n) is 6.22. The van der Waals surface area contributed by atoms with Crippen LogP contribution in [0.2, 0.25) is 0 Å². The van der Waals surface area contributed by atoms with Crippen LogP contribution in [0, 0.1) is 0 Å². The minimum absolute atomic E-state index is 0. The van der Waals surface area contributed by atoms with Gasteiger partial charge < -0.3 is 76.4 Å². The predicted octanol–water partition coefficient (Wildman–Crippen LogP) is -19.2. The van der Waals surface area contributed by atoms with Gasteiger partial charge in [0.05, 0.1) is 41.8 Å². The summed E-state index contributed by atoms with van der Waals surface area (Å²) in [6.07, 6.45) is 0. The van der Waals surface area contributed by atoms with Crippen LogP contribution in [0.5, 0.6) is 0 Å². The van der Waals surface area contributed by atoms with Gasteiger partial charge in [-0.2, -0.15) is 0 Å². The molecule has 176 valence electrons. The van der Waals surface area contributed by atoms with Crippen molar-refractivity contribution in [3.8, 4) is 0 Å². The Morgan fingerprint density at radius 3 is 0.636 bits per heavy atom. The Morgan fingerprint density at radius 1 is 0.545 bits per heavy atom. The summed E-state index contributed by atoms with van der Waals surface area (Å²) in [5.41, 5.74) is 18.3. The van der Waals surface area contributed by atoms with Crippen molar-refractivity contribution in [2.45, 2.75) is 0 Å². The largest absolute Gasteiger partial charge is 1.00 e. The molecule has 0 saturated heterocycles. The molecule has 0 unspecified atom stereocenters. The Kier molecular flexibility index (Phi) is 69.8. The van der Waals surface area contributed by atoms with E-state index >= 15 is 0 Å². The van der Waals surface area contributed by atoms with Crippen molar-refractivity contribution in [3.63, 3.8) is 0 Å². The summed E-state index contributed by atoms with van der Waals surface area (Å²) in [5.74, 6) is -3.87. The summed E-state index contributed by atoms with van der Waals surface area (Å²) in [5, 5.41) is 30.4. The van der Waals surface area contributed by atoms with E-state index in [4.69, 9.17) is 20.4 Å². The third-order valence-electron chi connectivity index (χ3n) is 0.898. The van der Waals surface area contributed by atoms with E-state index in [0.717, 1.165) is 0 Å². The quantitative estimate of drug-likeness (QED) is 0.109. The van der Waals surface area contributed by atoms with Gasteiger partial charge in [-0.15, -0.1) is 0 Å². The van der Waals surface area contributed by atoms with Crippen LogP contribution in [0.15, 0.2) is 0 Å². The number of phosphoric acid groups is 2. The van der Waals surface area contributed by atoms with Gasteiger partial charge in [0.15, 0.2) is 0 Å². The van der Waals surface area contributed by atoms with E-state index in [-0.39, 0.29) is 144 Å². The van der Waals surface area contributed by atoms with Crippen LogP contribution in [-0.2, 0) is 32.6 Å². The molecule has 0 atom stereocenters. The molecular weight excluding hydrogens is 546 g/mol. The van der Waals surface area contributed by atoms with Crippen LogP contribution in [0.4, 0.5) is 0 Å². The number of carboxylic acid groups (broad SMARTS) is 4. The number of nitrogens with two attached hydrogens (primary N) is 4. The summed E-state index contributed by atoms with van der Waals surface area (Å²) in [6, 6.07) is 0. The van der Waals surface area contributed by atoms with Crippen molar-refractivity contribution in [1.29, 1.82) is 0 Å². The van der Waals surface area contributed by atoms with Gasteiger partial charge in [-0.1, -0.05) is 0 Å². The molecule has 0 fully saturated rings. The fourth-order valence-electron chi connectivity index (χ4n) is 0.122. The maximum atomic E-state index is 9.32. The number of hydrogen-bond acceptors (Lipinski definition) is 15. The first kappa shape index (κ1) is 59.8. The SMILES string of the molecule is NCC(=O)O.NCC(=O)O.NCC(=O)O.NCC(=O)O.O=P([O-])([O-])OP(=O)([O-])[O-].[Na+].[Na+].[Na+].[Na+]. The number of rotatable bonds is 6. The van der Waals surface area contributed by atoms with E-state index in [2.05, 4.69) is 27.2 Å². The number of hydrogen-bond donors (Lipinski definition) is 8. The molecule has 0 aliphatic rings. The molecule has 0 aliphatic heterocycles. The Hall–Kier alpha value is 1.98. The summed E-state index contributed by atoms with van der Waals surface area (Å²) >= 11 is 0. The zero-order valence-corrected chi connectivity index (χ0v) is 28.1. The zero-order valence-electron chi connectivity index (χ0n) is 18.3. The fourth-order valence-corrected chi connectivity index (χ4v) is 1.10. The molecule has 25 heteroatoms. The molecule has 0 amide bonds.